The Hall–Kier alpha value is -1.89. The number of hydrogen-bond acceptors (Lipinski definition) is 5. The Kier molecular flexibility index (Phi) is 5.56. The number of carbonyl (C=O) groups is 1. The summed E-state index contributed by atoms with van der Waals surface area (Å²) in [5.41, 5.74) is 2.24. The van der Waals surface area contributed by atoms with E-state index < -0.39 is 0 Å². The number of amides is 1. The van der Waals surface area contributed by atoms with Crippen LogP contribution in [0.25, 0.3) is 10.4 Å². The summed E-state index contributed by atoms with van der Waals surface area (Å²) in [7, 11) is 0. The number of piperidine rings is 1. The highest BCUT2D eigenvalue weighted by Crippen LogP contribution is 2.42. The maximum atomic E-state index is 13.2. The monoisotopic (exact) mass is 426 g/mol. The first-order valence-electron chi connectivity index (χ1n) is 11.1. The van der Waals surface area contributed by atoms with Crippen LogP contribution in [-0.4, -0.2) is 60.6 Å². The van der Waals surface area contributed by atoms with E-state index in [2.05, 4.69) is 24.8 Å². The first kappa shape index (κ1) is 20.0. The number of nitrogens with zero attached hydrogens (tertiary/aromatic N) is 2. The quantitative estimate of drug-likeness (QED) is 0.735. The van der Waals surface area contributed by atoms with Crippen LogP contribution in [0.3, 0.4) is 0 Å². The topological polar surface area (TPSA) is 42.0 Å². The molecule has 6 heteroatoms. The molecule has 5 rings (SSSR count). The van der Waals surface area contributed by atoms with Crippen molar-refractivity contribution in [2.24, 2.45) is 5.92 Å². The Morgan fingerprint density at radius 2 is 1.87 bits per heavy atom. The number of likely N-dealkylation sites (tertiary alicyclic amines) is 1. The van der Waals surface area contributed by atoms with Crippen molar-refractivity contribution in [3.8, 4) is 16.2 Å². The van der Waals surface area contributed by atoms with Gasteiger partial charge in [0.25, 0.3) is 5.91 Å². The summed E-state index contributed by atoms with van der Waals surface area (Å²) in [6, 6.07) is 10.1. The van der Waals surface area contributed by atoms with Gasteiger partial charge in [-0.05, 0) is 50.8 Å². The second kappa shape index (κ2) is 8.33. The summed E-state index contributed by atoms with van der Waals surface area (Å²) in [5.74, 6) is 1.76. The van der Waals surface area contributed by atoms with Crippen molar-refractivity contribution in [1.82, 2.24) is 9.80 Å². The molecule has 1 aromatic carbocycles. The highest BCUT2D eigenvalue weighted by molar-refractivity contribution is 7.17. The maximum Gasteiger partial charge on any atom is 0.263 e. The van der Waals surface area contributed by atoms with E-state index >= 15 is 0 Å². The zero-order chi connectivity index (χ0) is 20.7. The smallest absolute Gasteiger partial charge is 0.263 e. The summed E-state index contributed by atoms with van der Waals surface area (Å²) in [5, 5.41) is 0. The Labute approximate surface area is 182 Å². The molecule has 3 aliphatic heterocycles. The van der Waals surface area contributed by atoms with Gasteiger partial charge in [-0.2, -0.15) is 0 Å². The average molecular weight is 427 g/mol. The lowest BCUT2D eigenvalue weighted by Crippen LogP contribution is -2.48. The molecule has 2 unspecified atom stereocenters. The fourth-order valence-corrected chi connectivity index (χ4v) is 6.24. The summed E-state index contributed by atoms with van der Waals surface area (Å²) < 4.78 is 11.7. The number of benzene rings is 1. The first-order valence-corrected chi connectivity index (χ1v) is 11.9. The minimum Gasteiger partial charge on any atom is -0.488 e. The van der Waals surface area contributed by atoms with Crippen molar-refractivity contribution < 1.29 is 14.3 Å². The molecular formula is C24H30N2O3S. The fourth-order valence-electron chi connectivity index (χ4n) is 5.08. The number of rotatable bonds is 3. The van der Waals surface area contributed by atoms with Crippen molar-refractivity contribution in [3.63, 3.8) is 0 Å². The molecule has 1 amide bonds. The lowest BCUT2D eigenvalue weighted by molar-refractivity contribution is -0.0728. The van der Waals surface area contributed by atoms with E-state index in [9.17, 15) is 4.79 Å². The highest BCUT2D eigenvalue weighted by atomic mass is 32.1. The lowest BCUT2D eigenvalue weighted by atomic mass is 9.95. The van der Waals surface area contributed by atoms with Gasteiger partial charge < -0.3 is 14.4 Å². The van der Waals surface area contributed by atoms with E-state index in [0.29, 0.717) is 24.7 Å². The molecule has 30 heavy (non-hydrogen) atoms. The van der Waals surface area contributed by atoms with Gasteiger partial charge >= 0.3 is 0 Å². The van der Waals surface area contributed by atoms with Gasteiger partial charge in [0.2, 0.25) is 0 Å². The van der Waals surface area contributed by atoms with E-state index in [1.807, 2.05) is 29.2 Å². The van der Waals surface area contributed by atoms with Gasteiger partial charge in [-0.3, -0.25) is 9.69 Å². The standard InChI is InChI=1S/C24H30N2O3S/c1-16-12-25(13-17(2)29-16)14-18-7-9-26(10-8-18)24(27)22-11-19-15-28-21-6-4-3-5-20(21)23(19)30-22/h3-6,11,16-18H,7-10,12-15H2,1-2H3. The first-order chi connectivity index (χ1) is 14.6. The summed E-state index contributed by atoms with van der Waals surface area (Å²) in [6.07, 6.45) is 2.80. The van der Waals surface area contributed by atoms with Crippen molar-refractivity contribution in [2.75, 3.05) is 32.7 Å². The van der Waals surface area contributed by atoms with Crippen LogP contribution >= 0.6 is 11.3 Å². The van der Waals surface area contributed by atoms with E-state index in [0.717, 1.165) is 67.3 Å². The van der Waals surface area contributed by atoms with Crippen LogP contribution in [0.5, 0.6) is 5.75 Å². The molecule has 2 aromatic rings. The van der Waals surface area contributed by atoms with Crippen molar-refractivity contribution in [1.29, 1.82) is 0 Å². The second-order valence-electron chi connectivity index (χ2n) is 8.96. The molecule has 1 aromatic heterocycles. The van der Waals surface area contributed by atoms with Crippen molar-refractivity contribution in [3.05, 3.63) is 40.8 Å². The molecule has 2 fully saturated rings. The highest BCUT2D eigenvalue weighted by Gasteiger charge is 2.30. The maximum absolute atomic E-state index is 13.2. The molecule has 0 radical (unpaired) electrons. The number of fused-ring (bicyclic) bond motifs is 3. The SMILES string of the molecule is CC1CN(CC2CCN(C(=O)c3cc4c(s3)-c3ccccc3OC4)CC2)CC(C)O1. The van der Waals surface area contributed by atoms with E-state index in [4.69, 9.17) is 9.47 Å². The molecule has 5 nitrogen and oxygen atoms in total. The normalized spacial score (nSPS) is 24.8. The van der Waals surface area contributed by atoms with Crippen LogP contribution in [0.15, 0.2) is 30.3 Å². The minimum absolute atomic E-state index is 0.180. The molecular weight excluding hydrogens is 396 g/mol. The Bertz CT molecular complexity index is 909. The Morgan fingerprint density at radius 1 is 1.13 bits per heavy atom. The van der Waals surface area contributed by atoms with Crippen LogP contribution in [0.4, 0.5) is 0 Å². The zero-order valence-electron chi connectivity index (χ0n) is 17.8. The summed E-state index contributed by atoms with van der Waals surface area (Å²) in [6.45, 7) is 9.75. The lowest BCUT2D eigenvalue weighted by Gasteiger charge is -2.39. The molecule has 4 heterocycles. The molecule has 0 spiro atoms. The summed E-state index contributed by atoms with van der Waals surface area (Å²) >= 11 is 1.62. The van der Waals surface area contributed by atoms with Crippen LogP contribution in [0.1, 0.15) is 41.9 Å². The largest absolute Gasteiger partial charge is 0.488 e. The number of hydrogen-bond donors (Lipinski definition) is 0. The average Bonchev–Trinajstić information content (AvgIpc) is 3.18. The molecule has 0 bridgehead atoms. The van der Waals surface area contributed by atoms with Crippen LogP contribution in [0, 0.1) is 5.92 Å². The number of ether oxygens (including phenoxy) is 2. The predicted octanol–water partition coefficient (Wildman–Crippen LogP) is 4.27. The Morgan fingerprint density at radius 3 is 2.63 bits per heavy atom. The van der Waals surface area contributed by atoms with Gasteiger partial charge in [-0.25, -0.2) is 0 Å². The predicted molar refractivity (Wildman–Crippen MR) is 119 cm³/mol. The van der Waals surface area contributed by atoms with Gasteiger partial charge in [0.15, 0.2) is 0 Å². The number of morpholine rings is 1. The fraction of sp³-hybridized carbons (Fsp3) is 0.542. The van der Waals surface area contributed by atoms with Crippen LogP contribution < -0.4 is 4.74 Å². The van der Waals surface area contributed by atoms with Gasteiger partial charge in [-0.1, -0.05) is 12.1 Å². The van der Waals surface area contributed by atoms with Crippen molar-refractivity contribution >= 4 is 17.2 Å². The number of para-hydroxylation sites is 1. The van der Waals surface area contributed by atoms with E-state index in [-0.39, 0.29) is 5.91 Å². The number of carbonyl (C=O) groups excluding carboxylic acids is 1. The van der Waals surface area contributed by atoms with Crippen molar-refractivity contribution in [2.45, 2.75) is 45.5 Å². The van der Waals surface area contributed by atoms with E-state index in [1.54, 1.807) is 11.3 Å². The molecule has 0 aliphatic carbocycles. The summed E-state index contributed by atoms with van der Waals surface area (Å²) in [4.78, 5) is 19.8. The van der Waals surface area contributed by atoms with Gasteiger partial charge in [0, 0.05) is 48.7 Å². The van der Waals surface area contributed by atoms with Gasteiger partial charge in [0.1, 0.15) is 12.4 Å². The Balaban J connectivity index is 1.20. The van der Waals surface area contributed by atoms with E-state index in [1.165, 1.54) is 4.88 Å². The molecule has 2 saturated heterocycles. The molecule has 2 atom stereocenters. The third kappa shape index (κ3) is 4.01. The molecule has 160 valence electrons. The second-order valence-corrected chi connectivity index (χ2v) is 10.0. The van der Waals surface area contributed by atoms with Gasteiger partial charge in [-0.15, -0.1) is 11.3 Å². The van der Waals surface area contributed by atoms with Crippen LogP contribution in [0.2, 0.25) is 0 Å². The zero-order valence-corrected chi connectivity index (χ0v) is 18.6. The molecule has 0 N–H and O–H groups in total. The third-order valence-electron chi connectivity index (χ3n) is 6.45. The number of thiophene rings is 1. The van der Waals surface area contributed by atoms with Gasteiger partial charge in [0.05, 0.1) is 17.1 Å². The van der Waals surface area contributed by atoms with Crippen LogP contribution in [-0.2, 0) is 11.3 Å². The molecule has 0 saturated carbocycles. The molecule has 3 aliphatic rings. The minimum atomic E-state index is 0.180. The third-order valence-corrected chi connectivity index (χ3v) is 7.65.